The molecule has 114 valence electrons. The van der Waals surface area contributed by atoms with Gasteiger partial charge < -0.3 is 10.4 Å². The molecule has 2 rings (SSSR count). The summed E-state index contributed by atoms with van der Waals surface area (Å²) < 4.78 is 1.76. The Labute approximate surface area is 126 Å². The van der Waals surface area contributed by atoms with Crippen LogP contribution in [0.2, 0.25) is 0 Å². The normalized spacial score (nSPS) is 11.8. The number of hydrogen-bond acceptors (Lipinski definition) is 4. The molecule has 0 atom stereocenters. The lowest BCUT2D eigenvalue weighted by Gasteiger charge is -2.18. The minimum Gasteiger partial charge on any atom is -0.481 e. The van der Waals surface area contributed by atoms with Gasteiger partial charge in [-0.3, -0.25) is 14.3 Å². The number of rotatable bonds is 5. The highest BCUT2D eigenvalue weighted by Crippen LogP contribution is 2.27. The number of carbonyl (C=O) groups is 2. The number of fused-ring (bicyclic) bond motifs is 1. The van der Waals surface area contributed by atoms with E-state index in [9.17, 15) is 9.59 Å². The van der Waals surface area contributed by atoms with Gasteiger partial charge in [-0.1, -0.05) is 0 Å². The summed E-state index contributed by atoms with van der Waals surface area (Å²) in [6, 6.07) is 1.83. The monoisotopic (exact) mass is 309 g/mol. The molecule has 0 saturated carbocycles. The fraction of sp³-hybridized carbons (Fsp3) is 0.500. The summed E-state index contributed by atoms with van der Waals surface area (Å²) in [5, 5.41) is 17.1. The third-order valence-corrected chi connectivity index (χ3v) is 4.74. The van der Waals surface area contributed by atoms with E-state index in [2.05, 4.69) is 10.4 Å². The molecule has 2 aromatic rings. The molecule has 0 aliphatic rings. The van der Waals surface area contributed by atoms with Gasteiger partial charge in [0.15, 0.2) is 0 Å². The number of thiophene rings is 1. The van der Waals surface area contributed by atoms with Crippen LogP contribution in [0.3, 0.4) is 0 Å². The number of carboxylic acid groups (broad SMARTS) is 1. The molecule has 6 nitrogen and oxygen atoms in total. The Morgan fingerprint density at radius 2 is 2.14 bits per heavy atom. The molecule has 1 amide bonds. The van der Waals surface area contributed by atoms with Crippen LogP contribution in [0, 0.1) is 12.3 Å². The SMILES string of the molecule is Cc1nn(C)c2sc(C(=O)NCCC(C)(C)C(=O)O)cc12. The maximum atomic E-state index is 12.1. The topological polar surface area (TPSA) is 84.2 Å². The predicted molar refractivity (Wildman–Crippen MR) is 81.7 cm³/mol. The van der Waals surface area contributed by atoms with E-state index < -0.39 is 11.4 Å². The summed E-state index contributed by atoms with van der Waals surface area (Å²) in [6.07, 6.45) is 0.388. The molecule has 2 N–H and O–H groups in total. The van der Waals surface area contributed by atoms with Crippen LogP contribution in [0.15, 0.2) is 6.07 Å². The van der Waals surface area contributed by atoms with Crippen molar-refractivity contribution < 1.29 is 14.7 Å². The summed E-state index contributed by atoms with van der Waals surface area (Å²) in [5.74, 6) is -1.03. The van der Waals surface area contributed by atoms with Gasteiger partial charge >= 0.3 is 5.97 Å². The van der Waals surface area contributed by atoms with Crippen molar-refractivity contribution in [2.45, 2.75) is 27.2 Å². The van der Waals surface area contributed by atoms with Crippen LogP contribution in [0.25, 0.3) is 10.2 Å². The van der Waals surface area contributed by atoms with Gasteiger partial charge in [-0.2, -0.15) is 5.10 Å². The molecular weight excluding hydrogens is 290 g/mol. The molecular formula is C14H19N3O3S. The highest BCUT2D eigenvalue weighted by molar-refractivity contribution is 7.20. The number of hydrogen-bond donors (Lipinski definition) is 2. The van der Waals surface area contributed by atoms with Crippen molar-refractivity contribution >= 4 is 33.4 Å². The van der Waals surface area contributed by atoms with Crippen molar-refractivity contribution in [3.8, 4) is 0 Å². The first kappa shape index (κ1) is 15.5. The molecule has 0 aliphatic heterocycles. The molecule has 21 heavy (non-hydrogen) atoms. The summed E-state index contributed by atoms with van der Waals surface area (Å²) in [7, 11) is 1.85. The Balaban J connectivity index is 2.03. The van der Waals surface area contributed by atoms with Crippen LogP contribution in [0.5, 0.6) is 0 Å². The quantitative estimate of drug-likeness (QED) is 0.886. The zero-order valence-corrected chi connectivity index (χ0v) is 13.4. The lowest BCUT2D eigenvalue weighted by Crippen LogP contribution is -2.31. The first-order valence-electron chi connectivity index (χ1n) is 6.67. The Morgan fingerprint density at radius 3 is 2.71 bits per heavy atom. The predicted octanol–water partition coefficient (Wildman–Crippen LogP) is 2.17. The third kappa shape index (κ3) is 3.07. The number of carbonyl (C=O) groups excluding carboxylic acids is 1. The molecule has 0 spiro atoms. The van der Waals surface area contributed by atoms with E-state index in [0.717, 1.165) is 15.9 Å². The van der Waals surface area contributed by atoms with Crippen LogP contribution in [-0.4, -0.2) is 33.3 Å². The van der Waals surface area contributed by atoms with E-state index in [4.69, 9.17) is 5.11 Å². The number of aromatic nitrogens is 2. The minimum absolute atomic E-state index is 0.170. The number of nitrogens with one attached hydrogen (secondary N) is 1. The zero-order chi connectivity index (χ0) is 15.8. The summed E-state index contributed by atoms with van der Waals surface area (Å²) in [5.41, 5.74) is 0.0586. The van der Waals surface area contributed by atoms with Gasteiger partial charge in [-0.15, -0.1) is 11.3 Å². The second-order valence-corrected chi connectivity index (χ2v) is 6.76. The van der Waals surface area contributed by atoms with Crippen molar-refractivity contribution in [3.63, 3.8) is 0 Å². The smallest absolute Gasteiger partial charge is 0.309 e. The molecule has 0 radical (unpaired) electrons. The van der Waals surface area contributed by atoms with Gasteiger partial charge in [0.05, 0.1) is 16.0 Å². The molecule has 2 heterocycles. The van der Waals surface area contributed by atoms with Gasteiger partial charge in [0.1, 0.15) is 4.83 Å². The van der Waals surface area contributed by atoms with Crippen LogP contribution in [0.1, 0.15) is 35.6 Å². The van der Waals surface area contributed by atoms with Crippen LogP contribution < -0.4 is 5.32 Å². The first-order chi connectivity index (χ1) is 9.72. The molecule has 0 fully saturated rings. The highest BCUT2D eigenvalue weighted by atomic mass is 32.1. The van der Waals surface area contributed by atoms with Crippen LogP contribution in [-0.2, 0) is 11.8 Å². The van der Waals surface area contributed by atoms with E-state index >= 15 is 0 Å². The number of aliphatic carboxylic acids is 1. The van der Waals surface area contributed by atoms with Crippen molar-refractivity contribution in [2.75, 3.05) is 6.54 Å². The van der Waals surface area contributed by atoms with E-state index in [0.29, 0.717) is 17.8 Å². The van der Waals surface area contributed by atoms with E-state index in [1.54, 1.807) is 18.5 Å². The fourth-order valence-electron chi connectivity index (χ4n) is 2.00. The lowest BCUT2D eigenvalue weighted by atomic mass is 9.90. The van der Waals surface area contributed by atoms with Crippen LogP contribution >= 0.6 is 11.3 Å². The summed E-state index contributed by atoms with van der Waals surface area (Å²) in [6.45, 7) is 5.54. The molecule has 0 saturated heterocycles. The van der Waals surface area contributed by atoms with E-state index in [1.807, 2.05) is 20.0 Å². The second kappa shape index (κ2) is 5.48. The highest BCUT2D eigenvalue weighted by Gasteiger charge is 2.26. The summed E-state index contributed by atoms with van der Waals surface area (Å²) in [4.78, 5) is 24.7. The summed E-state index contributed by atoms with van der Waals surface area (Å²) >= 11 is 1.39. The van der Waals surface area contributed by atoms with E-state index in [1.165, 1.54) is 11.3 Å². The molecule has 7 heteroatoms. The average molecular weight is 309 g/mol. The number of aryl methyl sites for hydroxylation is 2. The number of nitrogens with zero attached hydrogens (tertiary/aromatic N) is 2. The van der Waals surface area contributed by atoms with Gasteiger partial charge in [-0.05, 0) is 33.3 Å². The van der Waals surface area contributed by atoms with Crippen molar-refractivity contribution in [1.82, 2.24) is 15.1 Å². The average Bonchev–Trinajstić information content (AvgIpc) is 2.92. The Kier molecular flexibility index (Phi) is 4.04. The standard InChI is InChI=1S/C14H19N3O3S/c1-8-9-7-10(21-12(9)17(4)16-8)11(18)15-6-5-14(2,3)13(19)20/h7H,5-6H2,1-4H3,(H,15,18)(H,19,20). The van der Waals surface area contributed by atoms with Gasteiger partial charge in [0.2, 0.25) is 0 Å². The van der Waals surface area contributed by atoms with Gasteiger partial charge in [0, 0.05) is 19.0 Å². The van der Waals surface area contributed by atoms with E-state index in [-0.39, 0.29) is 5.91 Å². The Bertz CT molecular complexity index is 665. The molecule has 0 aromatic carbocycles. The molecule has 2 aromatic heterocycles. The van der Waals surface area contributed by atoms with Crippen molar-refractivity contribution in [2.24, 2.45) is 12.5 Å². The van der Waals surface area contributed by atoms with Crippen molar-refractivity contribution in [3.05, 3.63) is 16.6 Å². The zero-order valence-electron chi connectivity index (χ0n) is 12.6. The first-order valence-corrected chi connectivity index (χ1v) is 7.49. The van der Waals surface area contributed by atoms with Gasteiger partial charge in [0.25, 0.3) is 5.91 Å². The maximum Gasteiger partial charge on any atom is 0.309 e. The minimum atomic E-state index is -0.861. The third-order valence-electron chi connectivity index (χ3n) is 3.53. The fourth-order valence-corrected chi connectivity index (χ4v) is 3.04. The number of carboxylic acids is 1. The molecule has 0 unspecified atom stereocenters. The Morgan fingerprint density at radius 1 is 1.48 bits per heavy atom. The second-order valence-electron chi connectivity index (χ2n) is 5.73. The maximum absolute atomic E-state index is 12.1. The van der Waals surface area contributed by atoms with Gasteiger partial charge in [-0.25, -0.2) is 0 Å². The lowest BCUT2D eigenvalue weighted by molar-refractivity contribution is -0.147. The van der Waals surface area contributed by atoms with Crippen molar-refractivity contribution in [1.29, 1.82) is 0 Å². The molecule has 0 aliphatic carbocycles. The number of amides is 1. The van der Waals surface area contributed by atoms with Crippen LogP contribution in [0.4, 0.5) is 0 Å². The molecule has 0 bridgehead atoms. The largest absolute Gasteiger partial charge is 0.481 e. The Hall–Kier alpha value is -1.89.